The summed E-state index contributed by atoms with van der Waals surface area (Å²) in [5, 5.41) is 8.71. The summed E-state index contributed by atoms with van der Waals surface area (Å²) in [7, 11) is -4.05. The lowest BCUT2D eigenvalue weighted by Gasteiger charge is -2.11. The van der Waals surface area contributed by atoms with Crippen LogP contribution in [0.25, 0.3) is 0 Å². The topological polar surface area (TPSA) is 83.5 Å². The third-order valence-electron chi connectivity index (χ3n) is 2.64. The Hall–Kier alpha value is -1.28. The fraction of sp³-hybridized carbons (Fsp3) is 0. The Morgan fingerprint density at radius 3 is 2.23 bits per heavy atom. The van der Waals surface area contributed by atoms with Gasteiger partial charge >= 0.3 is 5.97 Å². The van der Waals surface area contributed by atoms with E-state index in [0.29, 0.717) is 5.69 Å². The third kappa shape index (κ3) is 3.73. The van der Waals surface area contributed by atoms with Crippen LogP contribution in [0.1, 0.15) is 10.4 Å². The van der Waals surface area contributed by atoms with Crippen molar-refractivity contribution < 1.29 is 18.3 Å². The van der Waals surface area contributed by atoms with Crippen molar-refractivity contribution in [3.05, 3.63) is 56.5 Å². The van der Waals surface area contributed by atoms with E-state index >= 15 is 0 Å². The average Bonchev–Trinajstić information content (AvgIpc) is 2.40. The lowest BCUT2D eigenvalue weighted by Crippen LogP contribution is -2.14. The van der Waals surface area contributed by atoms with Crippen LogP contribution in [0.5, 0.6) is 0 Å². The van der Waals surface area contributed by atoms with Crippen LogP contribution in [0.15, 0.2) is 45.8 Å². The predicted molar refractivity (Wildman–Crippen MR) is 88.4 cm³/mol. The van der Waals surface area contributed by atoms with Crippen LogP contribution in [0.4, 0.5) is 5.69 Å². The molecule has 2 aromatic carbocycles. The van der Waals surface area contributed by atoms with Crippen molar-refractivity contribution in [2.45, 2.75) is 4.90 Å². The molecular formula is C13H8BrCl2NO4S. The second-order valence-electron chi connectivity index (χ2n) is 4.18. The fourth-order valence-electron chi connectivity index (χ4n) is 1.63. The maximum absolute atomic E-state index is 12.4. The van der Waals surface area contributed by atoms with Crippen molar-refractivity contribution >= 4 is 60.8 Å². The van der Waals surface area contributed by atoms with Gasteiger partial charge < -0.3 is 5.11 Å². The van der Waals surface area contributed by atoms with Gasteiger partial charge in [-0.25, -0.2) is 13.2 Å². The first-order valence-electron chi connectivity index (χ1n) is 5.71. The third-order valence-corrected chi connectivity index (χ3v) is 5.33. The van der Waals surface area contributed by atoms with Crippen LogP contribution in [0.2, 0.25) is 10.0 Å². The Labute approximate surface area is 145 Å². The summed E-state index contributed by atoms with van der Waals surface area (Å²) in [4.78, 5) is 10.7. The van der Waals surface area contributed by atoms with E-state index in [1.165, 1.54) is 0 Å². The van der Waals surface area contributed by atoms with E-state index in [9.17, 15) is 13.2 Å². The number of hydrogen-bond acceptors (Lipinski definition) is 3. The minimum atomic E-state index is -4.05. The molecular weight excluding hydrogens is 417 g/mol. The Morgan fingerprint density at radius 1 is 1.09 bits per heavy atom. The summed E-state index contributed by atoms with van der Waals surface area (Å²) >= 11 is 14.9. The van der Waals surface area contributed by atoms with Crippen molar-refractivity contribution in [1.29, 1.82) is 0 Å². The maximum atomic E-state index is 12.4. The number of rotatable bonds is 4. The average molecular weight is 425 g/mol. The van der Waals surface area contributed by atoms with E-state index in [1.807, 2.05) is 0 Å². The number of benzene rings is 2. The van der Waals surface area contributed by atoms with Gasteiger partial charge in [-0.05, 0) is 36.4 Å². The van der Waals surface area contributed by atoms with Crippen molar-refractivity contribution in [3.8, 4) is 0 Å². The zero-order chi connectivity index (χ0) is 16.5. The molecule has 0 aliphatic carbocycles. The van der Waals surface area contributed by atoms with E-state index in [0.717, 1.165) is 16.6 Å². The van der Waals surface area contributed by atoms with Crippen LogP contribution in [0, 0.1) is 0 Å². The number of hydrogen-bond donors (Lipinski definition) is 2. The molecule has 2 rings (SSSR count). The smallest absolute Gasteiger partial charge is 0.337 e. The number of anilines is 1. The van der Waals surface area contributed by atoms with Gasteiger partial charge in [-0.15, -0.1) is 0 Å². The molecule has 0 unspecified atom stereocenters. The number of carboxylic acid groups (broad SMARTS) is 1. The number of carbonyl (C=O) groups is 1. The first kappa shape index (κ1) is 17.1. The van der Waals surface area contributed by atoms with Gasteiger partial charge in [0, 0.05) is 10.2 Å². The highest BCUT2D eigenvalue weighted by Gasteiger charge is 2.22. The van der Waals surface area contributed by atoms with E-state index in [4.69, 9.17) is 28.3 Å². The van der Waals surface area contributed by atoms with E-state index in [2.05, 4.69) is 20.7 Å². The second-order valence-corrected chi connectivity index (χ2v) is 7.56. The lowest BCUT2D eigenvalue weighted by molar-refractivity contribution is 0.0697. The monoisotopic (exact) mass is 423 g/mol. The second kappa shape index (κ2) is 6.45. The molecule has 116 valence electrons. The SMILES string of the molecule is O=C(O)c1cc(S(=O)(=O)Nc2ccc(Br)cc2)c(Cl)cc1Cl. The summed E-state index contributed by atoms with van der Waals surface area (Å²) in [5.74, 6) is -1.35. The highest BCUT2D eigenvalue weighted by atomic mass is 79.9. The Morgan fingerprint density at radius 2 is 1.68 bits per heavy atom. The van der Waals surface area contributed by atoms with Crippen LogP contribution in [0.3, 0.4) is 0 Å². The minimum absolute atomic E-state index is 0.139. The van der Waals surface area contributed by atoms with Crippen molar-refractivity contribution in [2.24, 2.45) is 0 Å². The number of carboxylic acids is 1. The van der Waals surface area contributed by atoms with Crippen LogP contribution >= 0.6 is 39.1 Å². The molecule has 5 nitrogen and oxygen atoms in total. The molecule has 0 fully saturated rings. The first-order chi connectivity index (χ1) is 10.2. The number of nitrogens with one attached hydrogen (secondary N) is 1. The number of sulfonamides is 1. The highest BCUT2D eigenvalue weighted by Crippen LogP contribution is 2.30. The van der Waals surface area contributed by atoms with Gasteiger partial charge in [0.25, 0.3) is 10.0 Å². The van der Waals surface area contributed by atoms with Gasteiger partial charge in [-0.2, -0.15) is 0 Å². The zero-order valence-electron chi connectivity index (χ0n) is 10.7. The van der Waals surface area contributed by atoms with E-state index in [1.54, 1.807) is 24.3 Å². The number of aromatic carboxylic acids is 1. The van der Waals surface area contributed by atoms with Crippen molar-refractivity contribution in [1.82, 2.24) is 0 Å². The minimum Gasteiger partial charge on any atom is -0.478 e. The zero-order valence-corrected chi connectivity index (χ0v) is 14.6. The van der Waals surface area contributed by atoms with Gasteiger partial charge in [-0.1, -0.05) is 39.1 Å². The number of halogens is 3. The van der Waals surface area contributed by atoms with E-state index < -0.39 is 16.0 Å². The summed E-state index contributed by atoms with van der Waals surface area (Å²) in [5.41, 5.74) is -0.0339. The van der Waals surface area contributed by atoms with Crippen LogP contribution in [-0.4, -0.2) is 19.5 Å². The van der Waals surface area contributed by atoms with Gasteiger partial charge in [0.2, 0.25) is 0 Å². The summed E-state index contributed by atoms with van der Waals surface area (Å²) in [6, 6.07) is 8.41. The molecule has 0 aliphatic rings. The molecule has 0 aromatic heterocycles. The Kier molecular flexibility index (Phi) is 5.01. The molecule has 0 atom stereocenters. The van der Waals surface area contributed by atoms with Gasteiger partial charge in [-0.3, -0.25) is 4.72 Å². The standard InChI is InChI=1S/C13H8BrCl2NO4S/c14-7-1-3-8(4-2-7)17-22(20,21)12-5-9(13(18)19)10(15)6-11(12)16/h1-6,17H,(H,18,19). The molecule has 22 heavy (non-hydrogen) atoms. The maximum Gasteiger partial charge on any atom is 0.337 e. The molecule has 9 heteroatoms. The van der Waals surface area contributed by atoms with Crippen LogP contribution < -0.4 is 4.72 Å². The molecule has 2 N–H and O–H groups in total. The molecule has 0 saturated heterocycles. The molecule has 0 amide bonds. The molecule has 2 aromatic rings. The fourth-order valence-corrected chi connectivity index (χ4v) is 3.81. The molecule has 0 spiro atoms. The quantitative estimate of drug-likeness (QED) is 0.768. The normalized spacial score (nSPS) is 11.2. The molecule has 0 aliphatic heterocycles. The van der Waals surface area contributed by atoms with Crippen molar-refractivity contribution in [2.75, 3.05) is 4.72 Å². The first-order valence-corrected chi connectivity index (χ1v) is 8.74. The highest BCUT2D eigenvalue weighted by molar-refractivity contribution is 9.10. The predicted octanol–water partition coefficient (Wildman–Crippen LogP) is 4.25. The molecule has 0 saturated carbocycles. The summed E-state index contributed by atoms with van der Waals surface area (Å²) in [6.45, 7) is 0. The summed E-state index contributed by atoms with van der Waals surface area (Å²) < 4.78 is 27.8. The Balaban J connectivity index is 2.47. The lowest BCUT2D eigenvalue weighted by atomic mass is 10.2. The molecule has 0 heterocycles. The molecule has 0 bridgehead atoms. The van der Waals surface area contributed by atoms with Gasteiger partial charge in [0.05, 0.1) is 15.6 Å². The van der Waals surface area contributed by atoms with Gasteiger partial charge in [0.1, 0.15) is 4.90 Å². The van der Waals surface area contributed by atoms with Crippen molar-refractivity contribution in [3.63, 3.8) is 0 Å². The Bertz CT molecular complexity index is 838. The van der Waals surface area contributed by atoms with Gasteiger partial charge in [0.15, 0.2) is 0 Å². The van der Waals surface area contributed by atoms with E-state index in [-0.39, 0.29) is 20.5 Å². The van der Waals surface area contributed by atoms with Crippen LogP contribution in [-0.2, 0) is 10.0 Å². The summed E-state index contributed by atoms with van der Waals surface area (Å²) in [6.07, 6.45) is 0. The molecule has 0 radical (unpaired) electrons. The largest absolute Gasteiger partial charge is 0.478 e.